The SMILES string of the molecule is Cc1ccccc1C(=O)NCC(=O)NCc1cccc(F)c1. The van der Waals surface area contributed by atoms with Crippen LogP contribution in [0.15, 0.2) is 48.5 Å². The molecule has 0 saturated carbocycles. The van der Waals surface area contributed by atoms with Crippen LogP contribution in [0.3, 0.4) is 0 Å². The smallest absolute Gasteiger partial charge is 0.251 e. The van der Waals surface area contributed by atoms with Gasteiger partial charge in [-0.15, -0.1) is 0 Å². The van der Waals surface area contributed by atoms with Crippen LogP contribution < -0.4 is 10.6 Å². The lowest BCUT2D eigenvalue weighted by molar-refractivity contribution is -0.120. The number of rotatable bonds is 5. The minimum atomic E-state index is -0.348. The Labute approximate surface area is 128 Å². The number of amides is 2. The molecule has 0 spiro atoms. The van der Waals surface area contributed by atoms with Crippen LogP contribution in [0.4, 0.5) is 4.39 Å². The summed E-state index contributed by atoms with van der Waals surface area (Å²) in [6.45, 7) is 1.93. The summed E-state index contributed by atoms with van der Waals surface area (Å²) < 4.78 is 13.0. The molecule has 0 radical (unpaired) electrons. The fourth-order valence-electron chi connectivity index (χ4n) is 1.99. The summed E-state index contributed by atoms with van der Waals surface area (Å²) in [5.74, 6) is -0.968. The number of halogens is 1. The van der Waals surface area contributed by atoms with E-state index in [1.165, 1.54) is 12.1 Å². The van der Waals surface area contributed by atoms with Gasteiger partial charge in [0.05, 0.1) is 6.54 Å². The molecule has 0 fully saturated rings. The molecule has 0 saturated heterocycles. The molecule has 0 aliphatic heterocycles. The van der Waals surface area contributed by atoms with Crippen molar-refractivity contribution in [1.82, 2.24) is 10.6 Å². The lowest BCUT2D eigenvalue weighted by atomic mass is 10.1. The Morgan fingerprint density at radius 2 is 1.82 bits per heavy atom. The molecular weight excluding hydrogens is 283 g/mol. The molecule has 0 unspecified atom stereocenters. The summed E-state index contributed by atoms with van der Waals surface area (Å²) in [5.41, 5.74) is 2.05. The quantitative estimate of drug-likeness (QED) is 0.889. The van der Waals surface area contributed by atoms with Crippen LogP contribution in [0.1, 0.15) is 21.5 Å². The summed E-state index contributed by atoms with van der Waals surface area (Å²) in [5, 5.41) is 5.19. The van der Waals surface area contributed by atoms with Crippen LogP contribution in [0.2, 0.25) is 0 Å². The van der Waals surface area contributed by atoms with E-state index in [-0.39, 0.29) is 30.7 Å². The van der Waals surface area contributed by atoms with E-state index < -0.39 is 0 Å². The Morgan fingerprint density at radius 1 is 1.05 bits per heavy atom. The van der Waals surface area contributed by atoms with Gasteiger partial charge in [-0.2, -0.15) is 0 Å². The summed E-state index contributed by atoms with van der Waals surface area (Å²) >= 11 is 0. The van der Waals surface area contributed by atoms with Crippen molar-refractivity contribution in [3.63, 3.8) is 0 Å². The van der Waals surface area contributed by atoms with Gasteiger partial charge in [0.15, 0.2) is 0 Å². The van der Waals surface area contributed by atoms with E-state index in [0.29, 0.717) is 11.1 Å². The van der Waals surface area contributed by atoms with E-state index in [1.54, 1.807) is 24.3 Å². The normalized spacial score (nSPS) is 10.1. The molecule has 2 N–H and O–H groups in total. The first-order valence-corrected chi connectivity index (χ1v) is 6.91. The van der Waals surface area contributed by atoms with Gasteiger partial charge < -0.3 is 10.6 Å². The van der Waals surface area contributed by atoms with Crippen LogP contribution >= 0.6 is 0 Å². The number of carbonyl (C=O) groups excluding carboxylic acids is 2. The van der Waals surface area contributed by atoms with Gasteiger partial charge in [-0.05, 0) is 36.2 Å². The van der Waals surface area contributed by atoms with Crippen LogP contribution in [0.25, 0.3) is 0 Å². The lowest BCUT2D eigenvalue weighted by Crippen LogP contribution is -2.36. The van der Waals surface area contributed by atoms with Gasteiger partial charge in [0, 0.05) is 12.1 Å². The molecule has 0 bridgehead atoms. The van der Waals surface area contributed by atoms with E-state index in [0.717, 1.165) is 5.56 Å². The molecule has 2 aromatic rings. The maximum Gasteiger partial charge on any atom is 0.251 e. The molecular formula is C17H17FN2O2. The largest absolute Gasteiger partial charge is 0.350 e. The molecule has 2 amide bonds. The molecule has 114 valence electrons. The molecule has 0 heterocycles. The first kappa shape index (κ1) is 15.7. The molecule has 0 atom stereocenters. The molecule has 2 aromatic carbocycles. The van der Waals surface area contributed by atoms with Crippen molar-refractivity contribution in [3.8, 4) is 0 Å². The number of carbonyl (C=O) groups is 2. The number of hydrogen-bond donors (Lipinski definition) is 2. The highest BCUT2D eigenvalue weighted by atomic mass is 19.1. The van der Waals surface area contributed by atoms with E-state index in [4.69, 9.17) is 0 Å². The van der Waals surface area contributed by atoms with Gasteiger partial charge >= 0.3 is 0 Å². The van der Waals surface area contributed by atoms with Crippen molar-refractivity contribution in [2.45, 2.75) is 13.5 Å². The van der Waals surface area contributed by atoms with Gasteiger partial charge in [0.25, 0.3) is 5.91 Å². The Bertz CT molecular complexity index is 686. The maximum atomic E-state index is 13.0. The van der Waals surface area contributed by atoms with Crippen molar-refractivity contribution in [3.05, 3.63) is 71.0 Å². The Morgan fingerprint density at radius 3 is 2.55 bits per heavy atom. The van der Waals surface area contributed by atoms with Crippen LogP contribution in [-0.2, 0) is 11.3 Å². The van der Waals surface area contributed by atoms with Crippen molar-refractivity contribution in [2.75, 3.05) is 6.54 Å². The minimum Gasteiger partial charge on any atom is -0.350 e. The highest BCUT2D eigenvalue weighted by molar-refractivity contribution is 5.97. The van der Waals surface area contributed by atoms with Gasteiger partial charge in [-0.25, -0.2) is 4.39 Å². The highest BCUT2D eigenvalue weighted by Gasteiger charge is 2.09. The standard InChI is InChI=1S/C17H17FN2O2/c1-12-5-2-3-8-15(12)17(22)20-11-16(21)19-10-13-6-4-7-14(18)9-13/h2-9H,10-11H2,1H3,(H,19,21)(H,20,22). The third-order valence-electron chi connectivity index (χ3n) is 3.18. The third-order valence-corrected chi connectivity index (χ3v) is 3.18. The number of aryl methyl sites for hydroxylation is 1. The molecule has 0 aromatic heterocycles. The summed E-state index contributed by atoms with van der Waals surface area (Å²) in [4.78, 5) is 23.7. The third kappa shape index (κ3) is 4.41. The zero-order valence-electron chi connectivity index (χ0n) is 12.2. The molecule has 22 heavy (non-hydrogen) atoms. The summed E-state index contributed by atoms with van der Waals surface area (Å²) in [6.07, 6.45) is 0. The van der Waals surface area contributed by atoms with Crippen molar-refractivity contribution in [1.29, 1.82) is 0 Å². The zero-order chi connectivity index (χ0) is 15.9. The molecule has 2 rings (SSSR count). The number of benzene rings is 2. The fraction of sp³-hybridized carbons (Fsp3) is 0.176. The van der Waals surface area contributed by atoms with Gasteiger partial charge in [0.1, 0.15) is 5.82 Å². The Kier molecular flexibility index (Phi) is 5.25. The second kappa shape index (κ2) is 7.36. The van der Waals surface area contributed by atoms with Crippen LogP contribution in [0.5, 0.6) is 0 Å². The number of nitrogens with one attached hydrogen (secondary N) is 2. The molecule has 0 aliphatic carbocycles. The predicted molar refractivity (Wildman–Crippen MR) is 81.8 cm³/mol. The van der Waals surface area contributed by atoms with Crippen molar-refractivity contribution < 1.29 is 14.0 Å². The molecule has 5 heteroatoms. The molecule has 4 nitrogen and oxygen atoms in total. The average Bonchev–Trinajstić information content (AvgIpc) is 2.51. The Balaban J connectivity index is 1.81. The maximum absolute atomic E-state index is 13.0. The summed E-state index contributed by atoms with van der Waals surface area (Å²) in [6, 6.07) is 13.1. The number of hydrogen-bond acceptors (Lipinski definition) is 2. The molecule has 0 aliphatic rings. The first-order chi connectivity index (χ1) is 10.6. The topological polar surface area (TPSA) is 58.2 Å². The highest BCUT2D eigenvalue weighted by Crippen LogP contribution is 2.06. The van der Waals surface area contributed by atoms with Crippen LogP contribution in [-0.4, -0.2) is 18.4 Å². The van der Waals surface area contributed by atoms with E-state index >= 15 is 0 Å². The van der Waals surface area contributed by atoms with Crippen molar-refractivity contribution >= 4 is 11.8 Å². The van der Waals surface area contributed by atoms with E-state index in [2.05, 4.69) is 10.6 Å². The minimum absolute atomic E-state index is 0.123. The predicted octanol–water partition coefficient (Wildman–Crippen LogP) is 2.18. The second-order valence-corrected chi connectivity index (χ2v) is 4.90. The van der Waals surface area contributed by atoms with Crippen molar-refractivity contribution in [2.24, 2.45) is 0 Å². The van der Waals surface area contributed by atoms with E-state index in [1.807, 2.05) is 19.1 Å². The summed E-state index contributed by atoms with van der Waals surface area (Å²) in [7, 11) is 0. The van der Waals surface area contributed by atoms with Gasteiger partial charge in [0.2, 0.25) is 5.91 Å². The van der Waals surface area contributed by atoms with Gasteiger partial charge in [-0.1, -0.05) is 30.3 Å². The monoisotopic (exact) mass is 300 g/mol. The van der Waals surface area contributed by atoms with Gasteiger partial charge in [-0.3, -0.25) is 9.59 Å². The van der Waals surface area contributed by atoms with E-state index in [9.17, 15) is 14.0 Å². The average molecular weight is 300 g/mol. The Hall–Kier alpha value is -2.69. The fourth-order valence-corrected chi connectivity index (χ4v) is 1.99. The zero-order valence-corrected chi connectivity index (χ0v) is 12.2. The lowest BCUT2D eigenvalue weighted by Gasteiger charge is -2.08. The first-order valence-electron chi connectivity index (χ1n) is 6.91. The second-order valence-electron chi connectivity index (χ2n) is 4.90. The van der Waals surface area contributed by atoms with Crippen LogP contribution in [0, 0.1) is 12.7 Å².